The lowest BCUT2D eigenvalue weighted by Crippen LogP contribution is -2.36. The van der Waals surface area contributed by atoms with E-state index in [1.54, 1.807) is 0 Å². The van der Waals surface area contributed by atoms with E-state index in [1.165, 1.54) is 16.9 Å². The van der Waals surface area contributed by atoms with Crippen LogP contribution in [-0.2, 0) is 9.47 Å². The zero-order valence-electron chi connectivity index (χ0n) is 15.6. The molecule has 0 aliphatic carbocycles. The molecule has 1 aromatic carbocycles. The molecule has 2 fully saturated rings. The molecule has 6 nitrogen and oxygen atoms in total. The van der Waals surface area contributed by atoms with Gasteiger partial charge in [0, 0.05) is 31.8 Å². The normalized spacial score (nSPS) is 20.0. The minimum absolute atomic E-state index is 0.0712. The molecule has 1 atom stereocenters. The summed E-state index contributed by atoms with van der Waals surface area (Å²) in [6, 6.07) is 8.17. The number of morpholine rings is 1. The Morgan fingerprint density at radius 3 is 2.74 bits per heavy atom. The highest BCUT2D eigenvalue weighted by Crippen LogP contribution is 2.33. The Morgan fingerprint density at radius 2 is 2.04 bits per heavy atom. The summed E-state index contributed by atoms with van der Waals surface area (Å²) in [7, 11) is 0. The predicted molar refractivity (Wildman–Crippen MR) is 107 cm³/mol. The number of amides is 1. The molecule has 0 spiro atoms. The van der Waals surface area contributed by atoms with Crippen LogP contribution >= 0.6 is 11.3 Å². The van der Waals surface area contributed by atoms with Crippen molar-refractivity contribution in [3.63, 3.8) is 0 Å². The Bertz CT molecular complexity index is 778. The third kappa shape index (κ3) is 4.31. The number of anilines is 1. The molecule has 3 heterocycles. The van der Waals surface area contributed by atoms with Crippen LogP contribution in [0, 0.1) is 6.92 Å². The SMILES string of the molecule is Cc1ccc(-c2nc(N3CCOCC3)sc2C(=O)NC[C@H]2CCCO2)cc1. The van der Waals surface area contributed by atoms with Crippen LogP contribution in [0.5, 0.6) is 0 Å². The van der Waals surface area contributed by atoms with Crippen molar-refractivity contribution in [1.82, 2.24) is 10.3 Å². The number of hydrogen-bond donors (Lipinski definition) is 1. The molecule has 0 bridgehead atoms. The lowest BCUT2D eigenvalue weighted by Gasteiger charge is -2.26. The van der Waals surface area contributed by atoms with Gasteiger partial charge in [-0.1, -0.05) is 41.2 Å². The Labute approximate surface area is 163 Å². The molecule has 4 rings (SSSR count). The Morgan fingerprint density at radius 1 is 1.26 bits per heavy atom. The molecular formula is C20H25N3O3S. The maximum atomic E-state index is 12.9. The Kier molecular flexibility index (Phi) is 5.71. The van der Waals surface area contributed by atoms with Crippen LogP contribution in [0.1, 0.15) is 28.1 Å². The average Bonchev–Trinajstić information content (AvgIpc) is 3.37. The number of carbonyl (C=O) groups is 1. The number of nitrogens with one attached hydrogen (secondary N) is 1. The van der Waals surface area contributed by atoms with Gasteiger partial charge in [-0.15, -0.1) is 0 Å². The van der Waals surface area contributed by atoms with Gasteiger partial charge < -0.3 is 19.7 Å². The third-order valence-electron chi connectivity index (χ3n) is 4.94. The second kappa shape index (κ2) is 8.37. The molecule has 0 radical (unpaired) electrons. The smallest absolute Gasteiger partial charge is 0.263 e. The van der Waals surface area contributed by atoms with Crippen molar-refractivity contribution in [3.05, 3.63) is 34.7 Å². The zero-order chi connectivity index (χ0) is 18.6. The molecule has 27 heavy (non-hydrogen) atoms. The summed E-state index contributed by atoms with van der Waals surface area (Å²) in [5, 5.41) is 3.93. The van der Waals surface area contributed by atoms with E-state index in [0.717, 1.165) is 48.9 Å². The molecule has 2 aromatic rings. The van der Waals surface area contributed by atoms with Gasteiger partial charge in [0.15, 0.2) is 5.13 Å². The monoisotopic (exact) mass is 387 g/mol. The Balaban J connectivity index is 1.59. The number of aromatic nitrogens is 1. The summed E-state index contributed by atoms with van der Waals surface area (Å²) >= 11 is 1.46. The number of hydrogen-bond acceptors (Lipinski definition) is 6. The highest BCUT2D eigenvalue weighted by atomic mass is 32.1. The molecule has 2 saturated heterocycles. The summed E-state index contributed by atoms with van der Waals surface area (Å²) in [4.78, 5) is 20.6. The quantitative estimate of drug-likeness (QED) is 0.855. The van der Waals surface area contributed by atoms with E-state index < -0.39 is 0 Å². The second-order valence-corrected chi connectivity index (χ2v) is 7.96. The second-order valence-electron chi connectivity index (χ2n) is 6.98. The van der Waals surface area contributed by atoms with Crippen LogP contribution in [0.3, 0.4) is 0 Å². The van der Waals surface area contributed by atoms with Crippen molar-refractivity contribution in [2.45, 2.75) is 25.9 Å². The standard InChI is InChI=1S/C20H25N3O3S/c1-14-4-6-15(7-5-14)17-18(19(24)21-13-16-3-2-10-26-16)27-20(22-17)23-8-11-25-12-9-23/h4-7,16H,2-3,8-13H2,1H3,(H,21,24)/t16-/m1/s1. The van der Waals surface area contributed by atoms with E-state index >= 15 is 0 Å². The van der Waals surface area contributed by atoms with Crippen LogP contribution < -0.4 is 10.2 Å². The number of carbonyl (C=O) groups excluding carboxylic acids is 1. The van der Waals surface area contributed by atoms with Gasteiger partial charge in [0.05, 0.1) is 25.0 Å². The largest absolute Gasteiger partial charge is 0.378 e. The van der Waals surface area contributed by atoms with Gasteiger partial charge in [0.25, 0.3) is 5.91 Å². The van der Waals surface area contributed by atoms with Crippen LogP contribution in [0.4, 0.5) is 5.13 Å². The number of aryl methyl sites for hydroxylation is 1. The summed E-state index contributed by atoms with van der Waals surface area (Å²) < 4.78 is 11.1. The van der Waals surface area contributed by atoms with Crippen molar-refractivity contribution in [2.75, 3.05) is 44.4 Å². The van der Waals surface area contributed by atoms with Gasteiger partial charge in [-0.25, -0.2) is 4.98 Å². The first-order valence-electron chi connectivity index (χ1n) is 9.51. The first-order valence-corrected chi connectivity index (χ1v) is 10.3. The predicted octanol–water partition coefficient (Wildman–Crippen LogP) is 2.86. The van der Waals surface area contributed by atoms with Gasteiger partial charge in [0.2, 0.25) is 0 Å². The number of benzene rings is 1. The summed E-state index contributed by atoms with van der Waals surface area (Å²) in [6.07, 6.45) is 2.20. The molecule has 0 saturated carbocycles. The van der Waals surface area contributed by atoms with Crippen molar-refractivity contribution in [3.8, 4) is 11.3 Å². The highest BCUT2D eigenvalue weighted by Gasteiger charge is 2.24. The van der Waals surface area contributed by atoms with Gasteiger partial charge >= 0.3 is 0 Å². The number of nitrogens with zero attached hydrogens (tertiary/aromatic N) is 2. The van der Waals surface area contributed by atoms with Crippen molar-refractivity contribution < 1.29 is 14.3 Å². The highest BCUT2D eigenvalue weighted by molar-refractivity contribution is 7.18. The van der Waals surface area contributed by atoms with Crippen LogP contribution in [0.25, 0.3) is 11.3 Å². The van der Waals surface area contributed by atoms with Gasteiger partial charge in [-0.2, -0.15) is 0 Å². The third-order valence-corrected chi connectivity index (χ3v) is 6.06. The van der Waals surface area contributed by atoms with E-state index in [4.69, 9.17) is 14.5 Å². The number of thiazole rings is 1. The fraction of sp³-hybridized carbons (Fsp3) is 0.500. The van der Waals surface area contributed by atoms with Crippen molar-refractivity contribution in [1.29, 1.82) is 0 Å². The molecule has 0 unspecified atom stereocenters. The minimum Gasteiger partial charge on any atom is -0.378 e. The first-order chi connectivity index (χ1) is 13.2. The van der Waals surface area contributed by atoms with E-state index in [0.29, 0.717) is 24.6 Å². The summed E-state index contributed by atoms with van der Waals surface area (Å²) in [6.45, 7) is 6.39. The molecule has 1 aromatic heterocycles. The van der Waals surface area contributed by atoms with E-state index in [1.807, 2.05) is 12.1 Å². The van der Waals surface area contributed by atoms with E-state index in [2.05, 4.69) is 29.3 Å². The lowest BCUT2D eigenvalue weighted by molar-refractivity contribution is 0.0861. The van der Waals surface area contributed by atoms with Crippen LogP contribution in [0.15, 0.2) is 24.3 Å². The van der Waals surface area contributed by atoms with Gasteiger partial charge in [0.1, 0.15) is 4.88 Å². The van der Waals surface area contributed by atoms with Gasteiger partial charge in [-0.05, 0) is 19.8 Å². The van der Waals surface area contributed by atoms with Crippen molar-refractivity contribution >= 4 is 22.4 Å². The topological polar surface area (TPSA) is 63.7 Å². The molecule has 7 heteroatoms. The van der Waals surface area contributed by atoms with Crippen LogP contribution in [0.2, 0.25) is 0 Å². The molecule has 2 aliphatic heterocycles. The lowest BCUT2D eigenvalue weighted by atomic mass is 10.1. The molecule has 144 valence electrons. The summed E-state index contributed by atoms with van der Waals surface area (Å²) in [5.74, 6) is -0.0712. The fourth-order valence-electron chi connectivity index (χ4n) is 3.35. The number of ether oxygens (including phenoxy) is 2. The maximum absolute atomic E-state index is 12.9. The van der Waals surface area contributed by atoms with Crippen LogP contribution in [-0.4, -0.2) is 56.5 Å². The van der Waals surface area contributed by atoms with E-state index in [9.17, 15) is 4.79 Å². The van der Waals surface area contributed by atoms with Gasteiger partial charge in [-0.3, -0.25) is 4.79 Å². The fourth-order valence-corrected chi connectivity index (χ4v) is 4.41. The molecule has 1 N–H and O–H groups in total. The average molecular weight is 388 g/mol. The molecular weight excluding hydrogens is 362 g/mol. The Hall–Kier alpha value is -1.96. The first kappa shape index (κ1) is 18.4. The zero-order valence-corrected chi connectivity index (χ0v) is 16.4. The number of rotatable bonds is 5. The maximum Gasteiger partial charge on any atom is 0.263 e. The van der Waals surface area contributed by atoms with Crippen molar-refractivity contribution in [2.24, 2.45) is 0 Å². The minimum atomic E-state index is -0.0712. The molecule has 2 aliphatic rings. The molecule has 1 amide bonds. The summed E-state index contributed by atoms with van der Waals surface area (Å²) in [5.41, 5.74) is 2.91. The van der Waals surface area contributed by atoms with E-state index in [-0.39, 0.29) is 12.0 Å².